The second-order valence-electron chi connectivity index (χ2n) is 6.80. The Labute approximate surface area is 149 Å². The van der Waals surface area contributed by atoms with Crippen molar-refractivity contribution in [1.82, 2.24) is 19.8 Å². The van der Waals surface area contributed by atoms with E-state index in [1.807, 2.05) is 24.8 Å². The van der Waals surface area contributed by atoms with Gasteiger partial charge in [0.25, 0.3) is 5.91 Å². The Hall–Kier alpha value is -2.27. The van der Waals surface area contributed by atoms with Crippen molar-refractivity contribution in [3.63, 3.8) is 0 Å². The lowest BCUT2D eigenvalue weighted by Gasteiger charge is -2.26. The molecule has 0 radical (unpaired) electrons. The van der Waals surface area contributed by atoms with Gasteiger partial charge in [0.15, 0.2) is 0 Å². The van der Waals surface area contributed by atoms with Crippen LogP contribution < -0.4 is 0 Å². The van der Waals surface area contributed by atoms with E-state index in [0.717, 1.165) is 38.3 Å². The summed E-state index contributed by atoms with van der Waals surface area (Å²) in [5, 5.41) is 0. The van der Waals surface area contributed by atoms with E-state index in [2.05, 4.69) is 46.1 Å². The largest absolute Gasteiger partial charge is 0.337 e. The number of carbonyl (C=O) groups is 1. The van der Waals surface area contributed by atoms with Crippen LogP contribution in [0.3, 0.4) is 0 Å². The van der Waals surface area contributed by atoms with Gasteiger partial charge in [-0.05, 0) is 32.8 Å². The summed E-state index contributed by atoms with van der Waals surface area (Å²) in [6.07, 6.45) is 2.64. The van der Waals surface area contributed by atoms with Crippen molar-refractivity contribution in [1.29, 1.82) is 0 Å². The van der Waals surface area contributed by atoms with Crippen LogP contribution in [-0.2, 0) is 6.54 Å². The molecule has 0 saturated carbocycles. The lowest BCUT2D eigenvalue weighted by molar-refractivity contribution is 0.0759. The Morgan fingerprint density at radius 2 is 1.92 bits per heavy atom. The Kier molecular flexibility index (Phi) is 5.43. The van der Waals surface area contributed by atoms with Crippen molar-refractivity contribution in [3.05, 3.63) is 59.2 Å². The number of aryl methyl sites for hydroxylation is 2. The number of carbonyl (C=O) groups excluding carboxylic acids is 1. The molecule has 1 saturated heterocycles. The topological polar surface area (TPSA) is 49.3 Å². The average Bonchev–Trinajstić information content (AvgIpc) is 2.78. The summed E-state index contributed by atoms with van der Waals surface area (Å²) in [4.78, 5) is 25.8. The van der Waals surface area contributed by atoms with Crippen LogP contribution in [0.4, 0.5) is 0 Å². The quantitative estimate of drug-likeness (QED) is 0.863. The minimum absolute atomic E-state index is 0.0475. The minimum atomic E-state index is 0.0475. The van der Waals surface area contributed by atoms with Crippen LogP contribution >= 0.6 is 0 Å². The highest BCUT2D eigenvalue weighted by atomic mass is 16.2. The van der Waals surface area contributed by atoms with Crippen molar-refractivity contribution in [2.75, 3.05) is 19.6 Å². The van der Waals surface area contributed by atoms with Crippen LogP contribution in [0, 0.1) is 13.8 Å². The van der Waals surface area contributed by atoms with Crippen LogP contribution in [0.5, 0.6) is 0 Å². The van der Waals surface area contributed by atoms with Gasteiger partial charge in [-0.2, -0.15) is 0 Å². The first-order valence-electron chi connectivity index (χ1n) is 8.92. The molecular weight excluding hydrogens is 312 g/mol. The summed E-state index contributed by atoms with van der Waals surface area (Å²) in [6.45, 7) is 9.30. The van der Waals surface area contributed by atoms with Crippen molar-refractivity contribution >= 4 is 5.91 Å². The van der Waals surface area contributed by atoms with Crippen molar-refractivity contribution < 1.29 is 4.79 Å². The maximum absolute atomic E-state index is 12.9. The summed E-state index contributed by atoms with van der Waals surface area (Å²) in [6, 6.07) is 11.0. The zero-order valence-electron chi connectivity index (χ0n) is 15.3. The Bertz CT molecular complexity index is 732. The van der Waals surface area contributed by atoms with Crippen LogP contribution in [0.25, 0.3) is 0 Å². The third-order valence-electron chi connectivity index (χ3n) is 4.94. The molecule has 5 nitrogen and oxygen atoms in total. The van der Waals surface area contributed by atoms with Crippen molar-refractivity contribution in [2.24, 2.45) is 0 Å². The molecule has 1 aromatic heterocycles. The lowest BCUT2D eigenvalue weighted by atomic mass is 10.1. The molecule has 2 heterocycles. The van der Waals surface area contributed by atoms with E-state index in [4.69, 9.17) is 0 Å². The number of amides is 1. The Balaban J connectivity index is 1.68. The Morgan fingerprint density at radius 1 is 1.16 bits per heavy atom. The highest BCUT2D eigenvalue weighted by Crippen LogP contribution is 2.17. The second kappa shape index (κ2) is 7.74. The molecular formula is C20H26N4O. The predicted octanol–water partition coefficient (Wildman–Crippen LogP) is 2.83. The fourth-order valence-corrected chi connectivity index (χ4v) is 3.33. The standard InChI is InChI=1S/C20H26N4O/c1-15-9-10-23(20(25)19-13-21-17(3)22-16(19)2)11-12-24(15)14-18-7-5-4-6-8-18/h4-8,13,15H,9-12,14H2,1-3H3. The number of hydrogen-bond donors (Lipinski definition) is 0. The van der Waals surface area contributed by atoms with Gasteiger partial charge in [0.2, 0.25) is 0 Å². The highest BCUT2D eigenvalue weighted by molar-refractivity contribution is 5.94. The first-order valence-corrected chi connectivity index (χ1v) is 8.92. The molecule has 2 aromatic rings. The molecule has 25 heavy (non-hydrogen) atoms. The first kappa shape index (κ1) is 17.5. The van der Waals surface area contributed by atoms with Gasteiger partial charge < -0.3 is 4.90 Å². The van der Waals surface area contributed by atoms with Gasteiger partial charge in [0.1, 0.15) is 5.82 Å². The number of nitrogens with zero attached hydrogens (tertiary/aromatic N) is 4. The summed E-state index contributed by atoms with van der Waals surface area (Å²) in [5.74, 6) is 0.749. The Morgan fingerprint density at radius 3 is 2.64 bits per heavy atom. The van der Waals surface area contributed by atoms with E-state index >= 15 is 0 Å². The van der Waals surface area contributed by atoms with E-state index in [1.54, 1.807) is 6.20 Å². The molecule has 1 aromatic carbocycles. The van der Waals surface area contributed by atoms with Crippen LogP contribution in [0.15, 0.2) is 36.5 Å². The van der Waals surface area contributed by atoms with Gasteiger partial charge in [0, 0.05) is 38.4 Å². The van der Waals surface area contributed by atoms with Gasteiger partial charge in [-0.25, -0.2) is 9.97 Å². The average molecular weight is 338 g/mol. The molecule has 0 bridgehead atoms. The number of aromatic nitrogens is 2. The number of hydrogen-bond acceptors (Lipinski definition) is 4. The first-order chi connectivity index (χ1) is 12.0. The monoisotopic (exact) mass is 338 g/mol. The maximum Gasteiger partial charge on any atom is 0.257 e. The molecule has 5 heteroatoms. The van der Waals surface area contributed by atoms with Gasteiger partial charge in [-0.1, -0.05) is 30.3 Å². The molecule has 1 amide bonds. The molecule has 0 N–H and O–H groups in total. The molecule has 1 unspecified atom stereocenters. The van der Waals surface area contributed by atoms with Crippen LogP contribution in [0.1, 0.15) is 40.8 Å². The minimum Gasteiger partial charge on any atom is -0.337 e. The van der Waals surface area contributed by atoms with Gasteiger partial charge >= 0.3 is 0 Å². The molecule has 0 aliphatic carbocycles. The lowest BCUT2D eigenvalue weighted by Crippen LogP contribution is -2.36. The molecule has 1 atom stereocenters. The molecule has 1 aliphatic heterocycles. The normalized spacial score (nSPS) is 18.8. The van der Waals surface area contributed by atoms with Gasteiger partial charge in [-0.15, -0.1) is 0 Å². The number of rotatable bonds is 3. The van der Waals surface area contributed by atoms with E-state index in [0.29, 0.717) is 17.4 Å². The zero-order chi connectivity index (χ0) is 17.8. The van der Waals surface area contributed by atoms with E-state index in [1.165, 1.54) is 5.56 Å². The third kappa shape index (κ3) is 4.23. The van der Waals surface area contributed by atoms with Gasteiger partial charge in [-0.3, -0.25) is 9.69 Å². The number of benzene rings is 1. The van der Waals surface area contributed by atoms with Gasteiger partial charge in [0.05, 0.1) is 11.3 Å². The third-order valence-corrected chi connectivity index (χ3v) is 4.94. The molecule has 3 rings (SSSR count). The van der Waals surface area contributed by atoms with Crippen molar-refractivity contribution in [3.8, 4) is 0 Å². The van der Waals surface area contributed by atoms with E-state index in [9.17, 15) is 4.79 Å². The van der Waals surface area contributed by atoms with E-state index in [-0.39, 0.29) is 5.91 Å². The summed E-state index contributed by atoms with van der Waals surface area (Å²) < 4.78 is 0. The van der Waals surface area contributed by atoms with Crippen LogP contribution in [-0.4, -0.2) is 51.4 Å². The fraction of sp³-hybridized carbons (Fsp3) is 0.450. The molecule has 1 fully saturated rings. The van der Waals surface area contributed by atoms with E-state index < -0.39 is 0 Å². The summed E-state index contributed by atoms with van der Waals surface area (Å²) >= 11 is 0. The van der Waals surface area contributed by atoms with Crippen LogP contribution in [0.2, 0.25) is 0 Å². The van der Waals surface area contributed by atoms with Crippen molar-refractivity contribution in [2.45, 2.75) is 39.8 Å². The SMILES string of the molecule is Cc1ncc(C(=O)N2CCC(C)N(Cc3ccccc3)CC2)c(C)n1. The summed E-state index contributed by atoms with van der Waals surface area (Å²) in [5.41, 5.74) is 2.70. The smallest absolute Gasteiger partial charge is 0.257 e. The summed E-state index contributed by atoms with van der Waals surface area (Å²) in [7, 11) is 0. The fourth-order valence-electron chi connectivity index (χ4n) is 3.33. The maximum atomic E-state index is 12.9. The second-order valence-corrected chi connectivity index (χ2v) is 6.80. The highest BCUT2D eigenvalue weighted by Gasteiger charge is 2.25. The predicted molar refractivity (Wildman–Crippen MR) is 98.3 cm³/mol. The zero-order valence-corrected chi connectivity index (χ0v) is 15.3. The molecule has 0 spiro atoms. The molecule has 1 aliphatic rings. The molecule has 132 valence electrons.